The van der Waals surface area contributed by atoms with Gasteiger partial charge in [-0.3, -0.25) is 0 Å². The Balaban J connectivity index is 4.44. The van der Waals surface area contributed by atoms with E-state index in [1.165, 1.54) is 0 Å². The maximum Gasteiger partial charge on any atom is 0.326 e. The lowest BCUT2D eigenvalue weighted by Gasteiger charge is -2.26. The molecule has 0 saturated carbocycles. The van der Waals surface area contributed by atoms with Gasteiger partial charge in [0.2, 0.25) is 0 Å². The van der Waals surface area contributed by atoms with E-state index in [0.717, 1.165) is 12.8 Å². The van der Waals surface area contributed by atoms with Crippen LogP contribution < -0.4 is 5.32 Å². The Morgan fingerprint density at radius 2 is 1.89 bits per heavy atom. The quantitative estimate of drug-likeness (QED) is 0.702. The van der Waals surface area contributed by atoms with Crippen molar-refractivity contribution in [2.24, 2.45) is 5.92 Å². The number of hydrogen-bond donors (Lipinski definition) is 2. The molecule has 0 aliphatic rings. The second-order valence-corrected chi connectivity index (χ2v) is 4.68. The molecule has 0 saturated heterocycles. The molecule has 2 amide bonds. The molecule has 5 nitrogen and oxygen atoms in total. The molecule has 2 atom stereocenters. The van der Waals surface area contributed by atoms with Crippen molar-refractivity contribution in [1.82, 2.24) is 10.2 Å². The second kappa shape index (κ2) is 8.78. The van der Waals surface area contributed by atoms with Gasteiger partial charge < -0.3 is 15.3 Å². The molecule has 0 bridgehead atoms. The molecular formula is C13H26N2O3. The minimum Gasteiger partial charge on any atom is -0.480 e. The topological polar surface area (TPSA) is 69.6 Å². The third kappa shape index (κ3) is 5.89. The number of carboxylic acids is 1. The smallest absolute Gasteiger partial charge is 0.326 e. The lowest BCUT2D eigenvalue weighted by atomic mass is 10.1. The minimum atomic E-state index is -0.968. The van der Waals surface area contributed by atoms with Crippen molar-refractivity contribution in [3.05, 3.63) is 0 Å². The van der Waals surface area contributed by atoms with E-state index in [-0.39, 0.29) is 6.03 Å². The first-order chi connectivity index (χ1) is 8.46. The molecular weight excluding hydrogens is 232 g/mol. The van der Waals surface area contributed by atoms with Gasteiger partial charge in [-0.1, -0.05) is 33.6 Å². The number of nitrogens with zero attached hydrogens (tertiary/aromatic N) is 1. The average molecular weight is 258 g/mol. The van der Waals surface area contributed by atoms with Gasteiger partial charge in [-0.05, 0) is 19.3 Å². The summed E-state index contributed by atoms with van der Waals surface area (Å²) in [6.45, 7) is 9.21. The van der Waals surface area contributed by atoms with Crippen molar-refractivity contribution < 1.29 is 14.7 Å². The zero-order valence-corrected chi connectivity index (χ0v) is 11.9. The van der Waals surface area contributed by atoms with Crippen LogP contribution in [-0.2, 0) is 4.79 Å². The fourth-order valence-electron chi connectivity index (χ4n) is 1.65. The largest absolute Gasteiger partial charge is 0.480 e. The summed E-state index contributed by atoms with van der Waals surface area (Å²) in [6, 6.07) is -1.06. The van der Waals surface area contributed by atoms with Gasteiger partial charge in [-0.15, -0.1) is 0 Å². The van der Waals surface area contributed by atoms with Gasteiger partial charge in [0.15, 0.2) is 0 Å². The zero-order valence-electron chi connectivity index (χ0n) is 11.9. The molecule has 1 unspecified atom stereocenters. The van der Waals surface area contributed by atoms with Gasteiger partial charge in [0.25, 0.3) is 0 Å². The average Bonchev–Trinajstić information content (AvgIpc) is 2.34. The van der Waals surface area contributed by atoms with E-state index >= 15 is 0 Å². The van der Waals surface area contributed by atoms with Crippen LogP contribution in [0, 0.1) is 5.92 Å². The van der Waals surface area contributed by atoms with Crippen LogP contribution in [-0.4, -0.2) is 41.1 Å². The van der Waals surface area contributed by atoms with E-state index in [1.54, 1.807) is 4.90 Å². The van der Waals surface area contributed by atoms with Gasteiger partial charge in [-0.25, -0.2) is 9.59 Å². The van der Waals surface area contributed by atoms with E-state index in [1.807, 2.05) is 13.8 Å². The summed E-state index contributed by atoms with van der Waals surface area (Å²) in [5.41, 5.74) is 0. The molecule has 0 heterocycles. The second-order valence-electron chi connectivity index (χ2n) is 4.68. The highest BCUT2D eigenvalue weighted by Crippen LogP contribution is 2.05. The van der Waals surface area contributed by atoms with E-state index in [9.17, 15) is 9.59 Å². The van der Waals surface area contributed by atoms with Crippen LogP contribution in [0.1, 0.15) is 47.0 Å². The fraction of sp³-hybridized carbons (Fsp3) is 0.846. The van der Waals surface area contributed by atoms with Crippen LogP contribution in [0.25, 0.3) is 0 Å². The van der Waals surface area contributed by atoms with Crippen molar-refractivity contribution in [2.45, 2.75) is 53.0 Å². The maximum atomic E-state index is 12.0. The van der Waals surface area contributed by atoms with E-state index < -0.39 is 12.0 Å². The summed E-state index contributed by atoms with van der Waals surface area (Å²) in [4.78, 5) is 24.6. The molecule has 0 aliphatic carbocycles. The van der Waals surface area contributed by atoms with E-state index in [0.29, 0.717) is 25.4 Å². The number of amides is 2. The van der Waals surface area contributed by atoms with Crippen LogP contribution in [0.5, 0.6) is 0 Å². The highest BCUT2D eigenvalue weighted by molar-refractivity contribution is 5.82. The van der Waals surface area contributed by atoms with Crippen molar-refractivity contribution in [1.29, 1.82) is 0 Å². The summed E-state index contributed by atoms with van der Waals surface area (Å²) >= 11 is 0. The van der Waals surface area contributed by atoms with Crippen LogP contribution >= 0.6 is 0 Å². The van der Waals surface area contributed by atoms with Gasteiger partial charge in [0.05, 0.1) is 0 Å². The number of carbonyl (C=O) groups excluding carboxylic acids is 1. The molecule has 2 N–H and O–H groups in total. The summed E-state index contributed by atoms with van der Waals surface area (Å²) in [6.07, 6.45) is 2.19. The number of nitrogens with one attached hydrogen (secondary N) is 1. The molecule has 0 rings (SSSR count). The van der Waals surface area contributed by atoms with E-state index in [4.69, 9.17) is 5.11 Å². The van der Waals surface area contributed by atoms with Crippen molar-refractivity contribution in [3.63, 3.8) is 0 Å². The highest BCUT2D eigenvalue weighted by atomic mass is 16.4. The van der Waals surface area contributed by atoms with Crippen molar-refractivity contribution in [3.8, 4) is 0 Å². The van der Waals surface area contributed by atoms with E-state index in [2.05, 4.69) is 19.2 Å². The third-order valence-electron chi connectivity index (χ3n) is 3.07. The summed E-state index contributed by atoms with van der Waals surface area (Å²) in [7, 11) is 0. The number of aliphatic carboxylic acids is 1. The third-order valence-corrected chi connectivity index (χ3v) is 3.07. The van der Waals surface area contributed by atoms with Gasteiger partial charge in [0.1, 0.15) is 6.04 Å². The molecule has 18 heavy (non-hydrogen) atoms. The van der Waals surface area contributed by atoms with Gasteiger partial charge in [0, 0.05) is 13.1 Å². The number of carbonyl (C=O) groups is 2. The highest BCUT2D eigenvalue weighted by Gasteiger charge is 2.22. The predicted octanol–water partition coefficient (Wildman–Crippen LogP) is 2.32. The Morgan fingerprint density at radius 1 is 1.28 bits per heavy atom. The monoisotopic (exact) mass is 258 g/mol. The van der Waals surface area contributed by atoms with Crippen molar-refractivity contribution in [2.75, 3.05) is 13.1 Å². The number of rotatable bonds is 8. The lowest BCUT2D eigenvalue weighted by Crippen LogP contribution is -2.48. The van der Waals surface area contributed by atoms with Gasteiger partial charge in [-0.2, -0.15) is 0 Å². The Labute approximate surface area is 110 Å². The fourth-order valence-corrected chi connectivity index (χ4v) is 1.65. The van der Waals surface area contributed by atoms with Crippen LogP contribution in [0.3, 0.4) is 0 Å². The Morgan fingerprint density at radius 3 is 2.28 bits per heavy atom. The van der Waals surface area contributed by atoms with Crippen LogP contribution in [0.2, 0.25) is 0 Å². The number of urea groups is 1. The minimum absolute atomic E-state index is 0.279. The molecule has 5 heteroatoms. The zero-order chi connectivity index (χ0) is 14.1. The molecule has 0 aromatic rings. The standard InChI is InChI=1S/C13H26N2O3/c1-5-8-11(12(16)17)14-13(18)15(7-3)9-10(4)6-2/h10-11H,5-9H2,1-4H3,(H,14,18)(H,16,17)/t10?,11-/m0/s1. The summed E-state index contributed by atoms with van der Waals surface area (Å²) in [5.74, 6) is -0.546. The maximum absolute atomic E-state index is 12.0. The molecule has 0 spiro atoms. The summed E-state index contributed by atoms with van der Waals surface area (Å²) < 4.78 is 0. The van der Waals surface area contributed by atoms with Gasteiger partial charge >= 0.3 is 12.0 Å². The normalized spacial score (nSPS) is 13.8. The first-order valence-electron chi connectivity index (χ1n) is 6.74. The SMILES string of the molecule is CCC[C@H](NC(=O)N(CC)CC(C)CC)C(=O)O. The lowest BCUT2D eigenvalue weighted by molar-refractivity contribution is -0.139. The molecule has 0 aliphatic heterocycles. The molecule has 0 radical (unpaired) electrons. The van der Waals surface area contributed by atoms with Crippen LogP contribution in [0.4, 0.5) is 4.79 Å². The molecule has 0 aromatic heterocycles. The first-order valence-corrected chi connectivity index (χ1v) is 6.74. The number of carboxylic acid groups (broad SMARTS) is 1. The number of hydrogen-bond acceptors (Lipinski definition) is 2. The molecule has 106 valence electrons. The Bertz CT molecular complexity index is 269. The van der Waals surface area contributed by atoms with Crippen LogP contribution in [0.15, 0.2) is 0 Å². The molecule has 0 fully saturated rings. The predicted molar refractivity (Wildman–Crippen MR) is 71.6 cm³/mol. The molecule has 0 aromatic carbocycles. The Kier molecular flexibility index (Phi) is 8.16. The summed E-state index contributed by atoms with van der Waals surface area (Å²) in [5, 5.41) is 11.6. The Hall–Kier alpha value is -1.26. The first kappa shape index (κ1) is 16.7. The van der Waals surface area contributed by atoms with Crippen molar-refractivity contribution >= 4 is 12.0 Å².